The summed E-state index contributed by atoms with van der Waals surface area (Å²) in [7, 11) is 0. The smallest absolute Gasteiger partial charge is 0.344 e. The van der Waals surface area contributed by atoms with Gasteiger partial charge in [-0.25, -0.2) is 9.59 Å². The van der Waals surface area contributed by atoms with Crippen molar-refractivity contribution in [2.24, 2.45) is 92.7 Å². The van der Waals surface area contributed by atoms with Gasteiger partial charge in [-0.05, 0) is 195 Å². The van der Waals surface area contributed by atoms with E-state index in [4.69, 9.17) is 18.9 Å². The second-order valence-electron chi connectivity index (χ2n) is 24.3. The van der Waals surface area contributed by atoms with Crippen LogP contribution in [0.3, 0.4) is 0 Å². The molecule has 12 nitrogen and oxygen atoms in total. The number of aliphatic hydroxyl groups excluding tert-OH is 4. The van der Waals surface area contributed by atoms with Crippen LogP contribution in [0.15, 0.2) is 0 Å². The van der Waals surface area contributed by atoms with Gasteiger partial charge in [-0.15, -0.1) is 0 Å². The Morgan fingerprint density at radius 3 is 1.22 bits per heavy atom. The Morgan fingerprint density at radius 2 is 0.828 bits per heavy atom. The van der Waals surface area contributed by atoms with Crippen molar-refractivity contribution in [2.75, 3.05) is 13.2 Å². The van der Waals surface area contributed by atoms with Gasteiger partial charge in [-0.2, -0.15) is 0 Å². The third kappa shape index (κ3) is 7.68. The second kappa shape index (κ2) is 17.4. The van der Waals surface area contributed by atoms with E-state index in [0.717, 1.165) is 38.5 Å². The molecule has 8 saturated carbocycles. The van der Waals surface area contributed by atoms with E-state index in [1.807, 2.05) is 0 Å². The molecule has 22 atom stereocenters. The molecule has 0 aromatic carbocycles. The van der Waals surface area contributed by atoms with Gasteiger partial charge < -0.3 is 39.4 Å². The van der Waals surface area contributed by atoms with Gasteiger partial charge in [-0.3, -0.25) is 9.59 Å². The molecule has 0 aromatic rings. The van der Waals surface area contributed by atoms with Crippen LogP contribution in [-0.2, 0) is 38.1 Å². The molecule has 16 bridgehead atoms. The van der Waals surface area contributed by atoms with E-state index in [2.05, 4.69) is 41.5 Å². The van der Waals surface area contributed by atoms with Gasteiger partial charge >= 0.3 is 23.9 Å². The molecule has 8 saturated heterocycles. The average Bonchev–Trinajstić information content (AvgIpc) is 3.80. The SMILES string of the molecule is C[C@@H]1CCC(=O)OCC(=O)O[C@@H]2CC[C@@]3(C)[C@@H](C2)C[C@@H](O)[C@@H]2[C@@H]3C[C@H](O)[C@]3(C)[C@H](CC[C@@H]23)[C@H](C)CCC(=O)OCC(=O)O[C@@H]2CC[C@@]3(C)[C@@H](C2)C[C@@H](O)[C@@H]2[C@@H]3C[C@H](O)[C@]3(C)[C@@H]1CC[C@@H]23. The molecule has 0 radical (unpaired) electrons. The maximum Gasteiger partial charge on any atom is 0.344 e. The predicted molar refractivity (Wildman–Crippen MR) is 234 cm³/mol. The zero-order valence-corrected chi connectivity index (χ0v) is 39.6. The monoisotopic (exact) mass is 897 g/mol. The summed E-state index contributed by atoms with van der Waals surface area (Å²) in [6.45, 7) is 12.5. The molecule has 0 unspecified atom stereocenters. The topological polar surface area (TPSA) is 186 Å². The van der Waals surface area contributed by atoms with Crippen molar-refractivity contribution in [2.45, 2.75) is 194 Å². The first-order chi connectivity index (χ1) is 30.3. The lowest BCUT2D eigenvalue weighted by molar-refractivity contribution is -0.210. The Bertz CT molecular complexity index is 1660. The fourth-order valence-corrected chi connectivity index (χ4v) is 18.4. The Balaban J connectivity index is 0.911. The molecular formula is C52H80O12. The number of hydrogen-bond donors (Lipinski definition) is 4. The minimum Gasteiger partial charge on any atom is -0.460 e. The lowest BCUT2D eigenvalue weighted by atomic mass is 9.43. The molecule has 64 heavy (non-hydrogen) atoms. The normalized spacial score (nSPS) is 53.7. The molecule has 0 amide bonds. The standard InChI is InChI=1S/C52H80O12/c1-27-7-13-43(57)61-25-45(59)63-31-16-18-50(4)30(20-31)22-40(54)48-36-12-10-34(52(36,6)42(56)24-38(48)50)28(2)8-14-44(58)62-26-46(60)64-32-15-17-49(3)29(19-32)21-39(53)47-35-11-9-33(27)51(35,5)41(55)23-37(47)49/h27-42,47-48,53-56H,7-26H2,1-6H3/t27-,28-,29+,30+,31-,32-,33-,34-,35+,36+,37+,38+,39-,40-,41+,42+,47+,48+,49+,50+,51-,52-/m1/s1. The summed E-state index contributed by atoms with van der Waals surface area (Å²) in [5.74, 6) is -0.447. The maximum atomic E-state index is 13.1. The number of esters is 4. The molecule has 8 aliphatic heterocycles. The van der Waals surface area contributed by atoms with Crippen LogP contribution in [0.2, 0.25) is 0 Å². The van der Waals surface area contributed by atoms with Gasteiger partial charge in [-0.1, -0.05) is 41.5 Å². The van der Waals surface area contributed by atoms with Crippen molar-refractivity contribution >= 4 is 23.9 Å². The summed E-state index contributed by atoms with van der Waals surface area (Å²) >= 11 is 0. The summed E-state index contributed by atoms with van der Waals surface area (Å²) < 4.78 is 22.9. The molecule has 16 fully saturated rings. The molecule has 4 N–H and O–H groups in total. The first kappa shape index (κ1) is 46.8. The molecule has 8 heterocycles. The number of carbonyl (C=O) groups excluding carboxylic acids is 4. The zero-order valence-electron chi connectivity index (χ0n) is 39.6. The minimum atomic E-state index is -0.551. The molecule has 12 heteroatoms. The largest absolute Gasteiger partial charge is 0.460 e. The van der Waals surface area contributed by atoms with Crippen LogP contribution < -0.4 is 0 Å². The van der Waals surface area contributed by atoms with Crippen molar-refractivity contribution in [1.82, 2.24) is 0 Å². The number of ether oxygens (including phenoxy) is 4. The quantitative estimate of drug-likeness (QED) is 0.145. The van der Waals surface area contributed by atoms with Crippen LogP contribution in [0.25, 0.3) is 0 Å². The third-order valence-corrected chi connectivity index (χ3v) is 21.9. The first-order valence-electron chi connectivity index (χ1n) is 25.7. The Morgan fingerprint density at radius 1 is 0.453 bits per heavy atom. The van der Waals surface area contributed by atoms with Crippen LogP contribution in [0, 0.1) is 92.7 Å². The van der Waals surface area contributed by atoms with Crippen molar-refractivity contribution in [3.8, 4) is 0 Å². The van der Waals surface area contributed by atoms with Gasteiger partial charge in [0.1, 0.15) is 12.2 Å². The highest BCUT2D eigenvalue weighted by atomic mass is 16.6. The summed E-state index contributed by atoms with van der Waals surface area (Å²) in [6.07, 6.45) is 9.07. The van der Waals surface area contributed by atoms with Crippen molar-refractivity contribution in [3.05, 3.63) is 0 Å². The van der Waals surface area contributed by atoms with Crippen LogP contribution in [-0.4, -0.2) is 94.1 Å². The number of hydrogen-bond acceptors (Lipinski definition) is 12. The predicted octanol–water partition coefficient (Wildman–Crippen LogP) is 6.94. The Labute approximate surface area is 381 Å². The summed E-state index contributed by atoms with van der Waals surface area (Å²) in [5.41, 5.74) is -1.04. The third-order valence-electron chi connectivity index (χ3n) is 21.9. The Kier molecular flexibility index (Phi) is 12.7. The van der Waals surface area contributed by atoms with Gasteiger partial charge in [0.2, 0.25) is 0 Å². The van der Waals surface area contributed by atoms with Gasteiger partial charge in [0, 0.05) is 12.8 Å². The highest BCUT2D eigenvalue weighted by Gasteiger charge is 2.68. The van der Waals surface area contributed by atoms with E-state index >= 15 is 0 Å². The molecule has 8 aliphatic carbocycles. The number of carbonyl (C=O) groups is 4. The van der Waals surface area contributed by atoms with Gasteiger partial charge in [0.15, 0.2) is 13.2 Å². The van der Waals surface area contributed by atoms with Crippen molar-refractivity contribution in [1.29, 1.82) is 0 Å². The second-order valence-corrected chi connectivity index (χ2v) is 24.3. The number of aliphatic hydroxyl groups is 4. The van der Waals surface area contributed by atoms with E-state index in [1.54, 1.807) is 0 Å². The van der Waals surface area contributed by atoms with Crippen LogP contribution in [0.1, 0.15) is 157 Å². The highest BCUT2D eigenvalue weighted by Crippen LogP contribution is 2.70. The van der Waals surface area contributed by atoms with Crippen LogP contribution in [0.4, 0.5) is 0 Å². The van der Waals surface area contributed by atoms with E-state index in [-0.39, 0.29) is 107 Å². The van der Waals surface area contributed by atoms with Crippen LogP contribution in [0.5, 0.6) is 0 Å². The summed E-state index contributed by atoms with van der Waals surface area (Å²) in [5, 5.41) is 48.2. The van der Waals surface area contributed by atoms with E-state index < -0.39 is 72.3 Å². The molecule has 16 aliphatic rings. The lowest BCUT2D eigenvalue weighted by Gasteiger charge is -2.63. The number of rotatable bonds is 0. The lowest BCUT2D eigenvalue weighted by Crippen LogP contribution is -2.62. The van der Waals surface area contributed by atoms with E-state index in [9.17, 15) is 39.6 Å². The summed E-state index contributed by atoms with van der Waals surface area (Å²) in [6, 6.07) is 0. The Hall–Kier alpha value is -2.28. The zero-order chi connectivity index (χ0) is 45.7. The maximum absolute atomic E-state index is 13.1. The molecule has 0 aromatic heterocycles. The van der Waals surface area contributed by atoms with Crippen molar-refractivity contribution in [3.63, 3.8) is 0 Å². The summed E-state index contributed by atoms with van der Waals surface area (Å²) in [4.78, 5) is 52.5. The molecule has 360 valence electrons. The highest BCUT2D eigenvalue weighted by molar-refractivity contribution is 5.77. The fraction of sp³-hybridized carbons (Fsp3) is 0.923. The first-order valence-corrected chi connectivity index (χ1v) is 25.7. The minimum absolute atomic E-state index is 0.0584. The fourth-order valence-electron chi connectivity index (χ4n) is 18.4. The molecular weight excluding hydrogens is 817 g/mol. The van der Waals surface area contributed by atoms with Gasteiger partial charge in [0.05, 0.1) is 24.4 Å². The molecule has 0 spiro atoms. The van der Waals surface area contributed by atoms with Crippen molar-refractivity contribution < 1.29 is 58.6 Å². The van der Waals surface area contributed by atoms with Crippen LogP contribution >= 0.6 is 0 Å². The van der Waals surface area contributed by atoms with E-state index in [1.165, 1.54) is 0 Å². The van der Waals surface area contributed by atoms with E-state index in [0.29, 0.717) is 64.2 Å². The molecule has 16 rings (SSSR count). The average molecular weight is 897 g/mol. The van der Waals surface area contributed by atoms with Gasteiger partial charge in [0.25, 0.3) is 0 Å².